The van der Waals surface area contributed by atoms with Crippen LogP contribution in [0.4, 0.5) is 11.8 Å². The highest BCUT2D eigenvalue weighted by Gasteiger charge is 2.27. The molecule has 2 atom stereocenters. The summed E-state index contributed by atoms with van der Waals surface area (Å²) in [5.74, 6) is 1.32. The second-order valence-corrected chi connectivity index (χ2v) is 10.4. The van der Waals surface area contributed by atoms with Gasteiger partial charge in [0.2, 0.25) is 5.95 Å². The number of hydrogen-bond acceptors (Lipinski definition) is 11. The van der Waals surface area contributed by atoms with Crippen molar-refractivity contribution >= 4 is 28.7 Å². The van der Waals surface area contributed by atoms with Gasteiger partial charge in [-0.25, -0.2) is 4.98 Å². The van der Waals surface area contributed by atoms with Crippen LogP contribution in [-0.4, -0.2) is 117 Å². The lowest BCUT2D eigenvalue weighted by Crippen LogP contribution is -2.46. The molecule has 3 aromatic rings. The predicted octanol–water partition coefficient (Wildman–Crippen LogP) is 1.90. The van der Waals surface area contributed by atoms with Crippen molar-refractivity contribution in [2.75, 3.05) is 88.9 Å². The molecule has 226 valence electrons. The molecule has 1 amide bonds. The van der Waals surface area contributed by atoms with E-state index in [4.69, 9.17) is 39.0 Å². The Labute approximate surface area is 246 Å². The quantitative estimate of drug-likeness (QED) is 0.305. The maximum Gasteiger partial charge on any atom is 0.251 e. The van der Waals surface area contributed by atoms with Crippen LogP contribution in [-0.2, 0) is 18.9 Å². The maximum atomic E-state index is 12.8. The Bertz CT molecular complexity index is 1340. The molecule has 1 aromatic carbocycles. The van der Waals surface area contributed by atoms with Gasteiger partial charge in [-0.15, -0.1) is 0 Å². The lowest BCUT2D eigenvalue weighted by Gasteiger charge is -2.37. The lowest BCUT2D eigenvalue weighted by atomic mass is 10.1. The second kappa shape index (κ2) is 14.7. The highest BCUT2D eigenvalue weighted by Crippen LogP contribution is 2.31. The third kappa shape index (κ3) is 7.31. The normalized spacial score (nSPS) is 19.3. The van der Waals surface area contributed by atoms with E-state index in [0.717, 1.165) is 29.0 Å². The summed E-state index contributed by atoms with van der Waals surface area (Å²) in [6, 6.07) is 11.7. The van der Waals surface area contributed by atoms with Crippen molar-refractivity contribution in [1.29, 1.82) is 0 Å². The summed E-state index contributed by atoms with van der Waals surface area (Å²) in [6.45, 7) is 10.1. The number of morpholine rings is 2. The average Bonchev–Trinajstić information content (AvgIpc) is 3.02. The van der Waals surface area contributed by atoms with Crippen LogP contribution >= 0.6 is 0 Å². The number of nitrogens with one attached hydrogen (secondary N) is 1. The third-order valence-corrected chi connectivity index (χ3v) is 7.35. The van der Waals surface area contributed by atoms with Crippen LogP contribution in [0.3, 0.4) is 0 Å². The summed E-state index contributed by atoms with van der Waals surface area (Å²) < 4.78 is 22.0. The number of aromatic nitrogens is 3. The van der Waals surface area contributed by atoms with E-state index in [9.17, 15) is 4.79 Å². The molecule has 2 aliphatic rings. The zero-order valence-electron chi connectivity index (χ0n) is 24.3. The second-order valence-electron chi connectivity index (χ2n) is 10.4. The fraction of sp³-hybridized carbons (Fsp3) is 0.533. The molecule has 0 saturated carbocycles. The largest absolute Gasteiger partial charge is 0.394 e. The molecule has 0 radical (unpaired) electrons. The third-order valence-electron chi connectivity index (χ3n) is 7.35. The van der Waals surface area contributed by atoms with Gasteiger partial charge in [-0.1, -0.05) is 12.1 Å². The van der Waals surface area contributed by atoms with Gasteiger partial charge in [-0.3, -0.25) is 4.79 Å². The molecule has 12 heteroatoms. The van der Waals surface area contributed by atoms with Gasteiger partial charge in [0.25, 0.3) is 5.91 Å². The van der Waals surface area contributed by atoms with Gasteiger partial charge in [-0.05, 0) is 38.1 Å². The standard InChI is InChI=1S/C30H40N6O6/c1-21-19-41-13-9-35(21)28-25-6-7-26(32-27(25)33-30(34-28)36-10-14-42-20-22(36)2)23-4-3-5-24(18-23)29(38)31-8-12-39-16-17-40-15-11-37/h3-7,18,21-22,37H,8-17,19-20H2,1-2H3,(H,31,38)/t21-,22-/m1/s1. The van der Waals surface area contributed by atoms with Crippen molar-refractivity contribution in [3.63, 3.8) is 0 Å². The van der Waals surface area contributed by atoms with Crippen molar-refractivity contribution in [2.45, 2.75) is 25.9 Å². The fourth-order valence-electron chi connectivity index (χ4n) is 5.10. The first kappa shape index (κ1) is 30.1. The number of amides is 1. The van der Waals surface area contributed by atoms with E-state index in [2.05, 4.69) is 29.0 Å². The monoisotopic (exact) mass is 580 g/mol. The Balaban J connectivity index is 1.36. The summed E-state index contributed by atoms with van der Waals surface area (Å²) in [6.07, 6.45) is 0. The molecule has 4 heterocycles. The van der Waals surface area contributed by atoms with E-state index in [1.807, 2.05) is 30.3 Å². The van der Waals surface area contributed by atoms with Gasteiger partial charge >= 0.3 is 0 Å². The van der Waals surface area contributed by atoms with Crippen molar-refractivity contribution < 1.29 is 28.8 Å². The Morgan fingerprint density at radius 1 is 0.952 bits per heavy atom. The smallest absolute Gasteiger partial charge is 0.251 e. The lowest BCUT2D eigenvalue weighted by molar-refractivity contribution is 0.0338. The summed E-state index contributed by atoms with van der Waals surface area (Å²) in [4.78, 5) is 32.3. The highest BCUT2D eigenvalue weighted by molar-refractivity contribution is 5.96. The number of aliphatic hydroxyl groups excluding tert-OH is 1. The van der Waals surface area contributed by atoms with Crippen molar-refractivity contribution in [3.05, 3.63) is 42.0 Å². The molecule has 0 spiro atoms. The Kier molecular flexibility index (Phi) is 10.5. The number of nitrogens with zero attached hydrogens (tertiary/aromatic N) is 5. The van der Waals surface area contributed by atoms with Gasteiger partial charge in [0.1, 0.15) is 5.82 Å². The molecule has 42 heavy (non-hydrogen) atoms. The van der Waals surface area contributed by atoms with E-state index in [1.54, 1.807) is 6.07 Å². The minimum Gasteiger partial charge on any atom is -0.394 e. The number of aliphatic hydroxyl groups is 1. The molecule has 0 aliphatic carbocycles. The zero-order chi connectivity index (χ0) is 29.3. The van der Waals surface area contributed by atoms with E-state index in [0.29, 0.717) is 76.5 Å². The van der Waals surface area contributed by atoms with Crippen LogP contribution in [0.1, 0.15) is 24.2 Å². The SMILES string of the molecule is C[C@@H]1COCCN1c1nc(N2CCOC[C@H]2C)c2ccc(-c3cccc(C(=O)NCCOCCOCCO)c3)nc2n1. The first-order chi connectivity index (χ1) is 20.5. The van der Waals surface area contributed by atoms with Crippen LogP contribution in [0.2, 0.25) is 0 Å². The number of ether oxygens (including phenoxy) is 4. The number of carbonyl (C=O) groups is 1. The van der Waals surface area contributed by atoms with Crippen molar-refractivity contribution in [3.8, 4) is 11.3 Å². The van der Waals surface area contributed by atoms with Crippen LogP contribution in [0.5, 0.6) is 0 Å². The minimum absolute atomic E-state index is 0.0128. The van der Waals surface area contributed by atoms with Gasteiger partial charge in [0.05, 0.1) is 82.6 Å². The van der Waals surface area contributed by atoms with Gasteiger partial charge in [-0.2, -0.15) is 9.97 Å². The Morgan fingerprint density at radius 3 is 2.43 bits per heavy atom. The van der Waals surface area contributed by atoms with Gasteiger partial charge < -0.3 is 39.2 Å². The number of carbonyl (C=O) groups excluding carboxylic acids is 1. The summed E-state index contributed by atoms with van der Waals surface area (Å²) in [5.41, 5.74) is 2.70. The number of rotatable bonds is 12. The number of pyridine rings is 1. The summed E-state index contributed by atoms with van der Waals surface area (Å²) >= 11 is 0. The molecule has 5 rings (SSSR count). The molecular weight excluding hydrogens is 540 g/mol. The summed E-state index contributed by atoms with van der Waals surface area (Å²) in [7, 11) is 0. The number of hydrogen-bond donors (Lipinski definition) is 2. The van der Waals surface area contributed by atoms with Crippen LogP contribution in [0, 0.1) is 0 Å². The molecular formula is C30H40N6O6. The summed E-state index contributed by atoms with van der Waals surface area (Å²) in [5, 5.41) is 12.5. The van der Waals surface area contributed by atoms with E-state index < -0.39 is 0 Å². The Morgan fingerprint density at radius 2 is 1.69 bits per heavy atom. The number of fused-ring (bicyclic) bond motifs is 1. The molecule has 2 N–H and O–H groups in total. The first-order valence-corrected chi connectivity index (χ1v) is 14.6. The molecule has 2 aliphatic heterocycles. The molecule has 12 nitrogen and oxygen atoms in total. The predicted molar refractivity (Wildman–Crippen MR) is 159 cm³/mol. The number of anilines is 2. The highest BCUT2D eigenvalue weighted by atomic mass is 16.5. The van der Waals surface area contributed by atoms with E-state index >= 15 is 0 Å². The van der Waals surface area contributed by atoms with Crippen molar-refractivity contribution in [2.24, 2.45) is 0 Å². The molecule has 0 bridgehead atoms. The Hall–Kier alpha value is -3.42. The minimum atomic E-state index is -0.188. The van der Waals surface area contributed by atoms with Crippen molar-refractivity contribution in [1.82, 2.24) is 20.3 Å². The topological polar surface area (TPSA) is 131 Å². The van der Waals surface area contributed by atoms with E-state index in [1.165, 1.54) is 0 Å². The molecule has 2 fully saturated rings. The van der Waals surface area contributed by atoms with Gasteiger partial charge in [0, 0.05) is 30.8 Å². The molecule has 2 aromatic heterocycles. The van der Waals surface area contributed by atoms with Crippen LogP contribution in [0.15, 0.2) is 36.4 Å². The average molecular weight is 581 g/mol. The molecule has 0 unspecified atom stereocenters. The first-order valence-electron chi connectivity index (χ1n) is 14.6. The maximum absolute atomic E-state index is 12.8. The number of benzene rings is 1. The zero-order valence-corrected chi connectivity index (χ0v) is 24.3. The fourth-order valence-corrected chi connectivity index (χ4v) is 5.10. The molecule has 2 saturated heterocycles. The van der Waals surface area contributed by atoms with E-state index in [-0.39, 0.29) is 31.2 Å². The van der Waals surface area contributed by atoms with Crippen LogP contribution in [0.25, 0.3) is 22.3 Å². The van der Waals surface area contributed by atoms with Crippen LogP contribution < -0.4 is 15.1 Å². The van der Waals surface area contributed by atoms with Gasteiger partial charge in [0.15, 0.2) is 5.65 Å².